The third-order valence-corrected chi connectivity index (χ3v) is 17.4. The molecule has 7 heterocycles. The van der Waals surface area contributed by atoms with Crippen LogP contribution in [0.25, 0.3) is 142 Å². The first-order valence-electron chi connectivity index (χ1n) is 27.0. The van der Waals surface area contributed by atoms with Gasteiger partial charge in [-0.15, -0.1) is 0 Å². The molecule has 18 rings (SSSR count). The quantitative estimate of drug-likeness (QED) is 0.131. The Labute approximate surface area is 452 Å². The van der Waals surface area contributed by atoms with Crippen LogP contribution >= 0.6 is 0 Å². The van der Waals surface area contributed by atoms with Crippen molar-refractivity contribution in [1.82, 2.24) is 13.7 Å². The van der Waals surface area contributed by atoms with Crippen molar-refractivity contribution in [2.75, 3.05) is 0 Å². The molecular formula is C71H43BN4O3. The fourth-order valence-electron chi connectivity index (χ4n) is 13.9. The van der Waals surface area contributed by atoms with Crippen LogP contribution in [0.5, 0.6) is 11.5 Å². The highest BCUT2D eigenvalue weighted by atomic mass is 16.5. The smallest absolute Gasteiger partial charge is 0.256 e. The maximum Gasteiger partial charge on any atom is 0.256 e. The van der Waals surface area contributed by atoms with E-state index in [0.717, 1.165) is 138 Å². The van der Waals surface area contributed by atoms with Crippen molar-refractivity contribution in [3.8, 4) is 39.7 Å². The summed E-state index contributed by atoms with van der Waals surface area (Å²) in [5.41, 5.74) is 20.4. The summed E-state index contributed by atoms with van der Waals surface area (Å²) in [7, 11) is 0. The molecule has 0 bridgehead atoms. The van der Waals surface area contributed by atoms with E-state index < -0.39 is 0 Å². The summed E-state index contributed by atoms with van der Waals surface area (Å²) in [6.07, 6.45) is 0. The van der Waals surface area contributed by atoms with E-state index in [-0.39, 0.29) is 12.1 Å². The molecule has 8 heteroatoms. The summed E-state index contributed by atoms with van der Waals surface area (Å²) in [4.78, 5) is 3.72. The number of hydrogen-bond acceptors (Lipinski definition) is 3. The largest absolute Gasteiger partial charge is 0.458 e. The Bertz CT molecular complexity index is 5370. The standard InChI is InChI=1S/C71H43BN4O3/c1-71(2,3)41-23-30-63-53(35-41)72-54-38-52-51-37-44(75-57-19-11-7-15-47(57)48-16-8-12-20-58(48)75)27-32-62(51)79-70(52)66-65-59(76(68(54)66)60-33-40(34-64(77-63)67(60)72)39-21-24-42(73-4)25-22-39)29-28-49-50-36-43(26-31-61(50)78-69(49)65)74-55-17-9-5-13-45(55)46-14-6-10-18-56(46)74/h5-38H,1-3H3. The Kier molecular flexibility index (Phi) is 8.17. The van der Waals surface area contributed by atoms with Crippen LogP contribution < -0.4 is 21.1 Å². The first-order valence-corrected chi connectivity index (χ1v) is 27.0. The molecule has 0 aliphatic carbocycles. The van der Waals surface area contributed by atoms with Gasteiger partial charge in [0.1, 0.15) is 33.8 Å². The third kappa shape index (κ3) is 5.65. The minimum absolute atomic E-state index is 0.111. The van der Waals surface area contributed by atoms with Crippen LogP contribution in [0.2, 0.25) is 0 Å². The number of ether oxygens (including phenoxy) is 1. The second-order valence-electron chi connectivity index (χ2n) is 22.6. The van der Waals surface area contributed by atoms with Crippen LogP contribution in [0.15, 0.2) is 215 Å². The van der Waals surface area contributed by atoms with Crippen LogP contribution in [0.1, 0.15) is 26.3 Å². The fraction of sp³-hybridized carbons (Fsp3) is 0.0563. The summed E-state index contributed by atoms with van der Waals surface area (Å²) in [6.45, 7) is 14.4. The van der Waals surface area contributed by atoms with Gasteiger partial charge in [-0.05, 0) is 129 Å². The molecule has 11 aromatic carbocycles. The Hall–Kier alpha value is -10.2. The Morgan fingerprint density at radius 3 is 1.58 bits per heavy atom. The SMILES string of the molecule is [C-]#[N+]c1ccc(-c2cc3c4c(c2)-n2c5ccc6c7cc(-n8c9ccccc9c9ccccc98)ccc7oc6c5c5c6oc7ccc(-n8c9ccccc9c9ccccc98)cc7c6cc(c52)B4c2cc(C(C)(C)C)ccc2O3)cc1. The number of para-hydroxylation sites is 4. The molecule has 16 aromatic rings. The summed E-state index contributed by atoms with van der Waals surface area (Å²) >= 11 is 0. The van der Waals surface area contributed by atoms with Crippen LogP contribution in [0.4, 0.5) is 5.69 Å². The number of nitrogens with zero attached hydrogens (tertiary/aromatic N) is 4. The van der Waals surface area contributed by atoms with Crippen molar-refractivity contribution < 1.29 is 13.6 Å². The van der Waals surface area contributed by atoms with Gasteiger partial charge in [0.05, 0.1) is 50.4 Å². The molecule has 2 aliphatic heterocycles. The summed E-state index contributed by atoms with van der Waals surface area (Å²) in [5, 5.41) is 11.1. The molecule has 2 aliphatic rings. The van der Waals surface area contributed by atoms with Gasteiger partial charge in [-0.25, -0.2) is 4.85 Å². The van der Waals surface area contributed by atoms with Crippen molar-refractivity contribution in [2.24, 2.45) is 0 Å². The molecule has 7 nitrogen and oxygen atoms in total. The highest BCUT2D eigenvalue weighted by Gasteiger charge is 2.43. The van der Waals surface area contributed by atoms with Crippen molar-refractivity contribution in [1.29, 1.82) is 0 Å². The van der Waals surface area contributed by atoms with E-state index in [4.69, 9.17) is 20.1 Å². The van der Waals surface area contributed by atoms with Gasteiger partial charge in [-0.3, -0.25) is 0 Å². The van der Waals surface area contributed by atoms with Crippen molar-refractivity contribution >= 4 is 138 Å². The van der Waals surface area contributed by atoms with Gasteiger partial charge < -0.3 is 27.3 Å². The predicted octanol–water partition coefficient (Wildman–Crippen LogP) is 17.2. The van der Waals surface area contributed by atoms with E-state index in [1.807, 2.05) is 24.3 Å². The summed E-state index contributed by atoms with van der Waals surface area (Å²) in [6, 6.07) is 74.2. The molecule has 0 saturated carbocycles. The topological polar surface area (TPSA) is 54.7 Å². The van der Waals surface area contributed by atoms with Crippen LogP contribution in [0, 0.1) is 6.57 Å². The van der Waals surface area contributed by atoms with Crippen molar-refractivity contribution in [2.45, 2.75) is 26.2 Å². The third-order valence-electron chi connectivity index (χ3n) is 17.4. The van der Waals surface area contributed by atoms with E-state index in [1.54, 1.807) is 0 Å². The Morgan fingerprint density at radius 2 is 1.00 bits per heavy atom. The highest BCUT2D eigenvalue weighted by Crippen LogP contribution is 2.49. The van der Waals surface area contributed by atoms with E-state index in [1.165, 1.54) is 32.6 Å². The molecule has 0 spiro atoms. The molecule has 0 atom stereocenters. The normalized spacial score (nSPS) is 13.1. The monoisotopic (exact) mass is 1010 g/mol. The zero-order valence-electron chi connectivity index (χ0n) is 43.2. The number of benzene rings is 11. The number of hydrogen-bond donors (Lipinski definition) is 0. The first-order chi connectivity index (χ1) is 38.8. The van der Waals surface area contributed by atoms with Crippen LogP contribution in [-0.4, -0.2) is 20.4 Å². The van der Waals surface area contributed by atoms with Gasteiger partial charge in [0.15, 0.2) is 5.69 Å². The predicted molar refractivity (Wildman–Crippen MR) is 326 cm³/mol. The lowest BCUT2D eigenvalue weighted by molar-refractivity contribution is 0.486. The highest BCUT2D eigenvalue weighted by molar-refractivity contribution is 6.99. The van der Waals surface area contributed by atoms with Crippen molar-refractivity contribution in [3.63, 3.8) is 0 Å². The molecule has 0 unspecified atom stereocenters. The molecule has 79 heavy (non-hydrogen) atoms. The maximum atomic E-state index is 7.72. The second kappa shape index (κ2) is 15.0. The minimum atomic E-state index is -0.191. The molecule has 0 saturated heterocycles. The fourth-order valence-corrected chi connectivity index (χ4v) is 13.9. The van der Waals surface area contributed by atoms with Crippen molar-refractivity contribution in [3.05, 3.63) is 223 Å². The zero-order valence-corrected chi connectivity index (χ0v) is 43.2. The second-order valence-corrected chi connectivity index (χ2v) is 22.6. The summed E-state index contributed by atoms with van der Waals surface area (Å²) < 4.78 is 29.1. The lowest BCUT2D eigenvalue weighted by Crippen LogP contribution is -2.58. The molecule has 368 valence electrons. The number of fused-ring (bicyclic) bond motifs is 21. The number of rotatable bonds is 3. The first kappa shape index (κ1) is 42.9. The minimum Gasteiger partial charge on any atom is -0.458 e. The van der Waals surface area contributed by atoms with E-state index in [2.05, 4.69) is 221 Å². The molecule has 0 amide bonds. The van der Waals surface area contributed by atoms with Gasteiger partial charge in [-0.2, -0.15) is 0 Å². The maximum absolute atomic E-state index is 7.72. The average Bonchev–Trinajstić information content (AvgIpc) is 3.39. The van der Waals surface area contributed by atoms with Gasteiger partial charge in [0, 0.05) is 60.2 Å². The lowest BCUT2D eigenvalue weighted by Gasteiger charge is -2.34. The van der Waals surface area contributed by atoms with Gasteiger partial charge in [-0.1, -0.05) is 136 Å². The molecular weight excluding hydrogens is 968 g/mol. The van der Waals surface area contributed by atoms with Crippen LogP contribution in [-0.2, 0) is 5.41 Å². The van der Waals surface area contributed by atoms with E-state index in [0.29, 0.717) is 5.69 Å². The Morgan fingerprint density at radius 1 is 0.430 bits per heavy atom. The molecule has 0 radical (unpaired) electrons. The van der Waals surface area contributed by atoms with E-state index >= 15 is 0 Å². The molecule has 5 aromatic heterocycles. The Balaban J connectivity index is 0.983. The lowest BCUT2D eigenvalue weighted by atomic mass is 9.34. The van der Waals surface area contributed by atoms with Crippen LogP contribution in [0.3, 0.4) is 0 Å². The zero-order chi connectivity index (χ0) is 52.2. The van der Waals surface area contributed by atoms with Gasteiger partial charge in [0.25, 0.3) is 6.71 Å². The number of aromatic nitrogens is 3. The van der Waals surface area contributed by atoms with Gasteiger partial charge >= 0.3 is 0 Å². The number of furan rings is 2. The molecule has 0 fully saturated rings. The summed E-state index contributed by atoms with van der Waals surface area (Å²) in [5.74, 6) is 1.66. The van der Waals surface area contributed by atoms with E-state index in [9.17, 15) is 0 Å². The average molecular weight is 1010 g/mol. The van der Waals surface area contributed by atoms with Gasteiger partial charge in [0.2, 0.25) is 0 Å². The molecule has 0 N–H and O–H groups in total.